The fourth-order valence-electron chi connectivity index (χ4n) is 2.59. The zero-order valence-corrected chi connectivity index (χ0v) is 14.1. The SMILES string of the molecule is CC(NC(=O)/C=C/c1cccc(-c2ccccc2)c1)c1ccccn1. The molecule has 0 aliphatic heterocycles. The van der Waals surface area contributed by atoms with E-state index in [1.165, 1.54) is 0 Å². The van der Waals surface area contributed by atoms with Crippen molar-refractivity contribution >= 4 is 12.0 Å². The normalized spacial score (nSPS) is 12.0. The molecule has 1 unspecified atom stereocenters. The highest BCUT2D eigenvalue weighted by atomic mass is 16.1. The summed E-state index contributed by atoms with van der Waals surface area (Å²) < 4.78 is 0. The minimum absolute atomic E-state index is 0.131. The quantitative estimate of drug-likeness (QED) is 0.693. The molecule has 0 spiro atoms. The predicted octanol–water partition coefficient (Wildman–Crippen LogP) is 4.64. The summed E-state index contributed by atoms with van der Waals surface area (Å²) >= 11 is 0. The van der Waals surface area contributed by atoms with Crippen LogP contribution in [-0.4, -0.2) is 10.9 Å². The highest BCUT2D eigenvalue weighted by Gasteiger charge is 2.07. The number of hydrogen-bond acceptors (Lipinski definition) is 2. The minimum atomic E-state index is -0.136. The number of nitrogens with one attached hydrogen (secondary N) is 1. The topological polar surface area (TPSA) is 42.0 Å². The summed E-state index contributed by atoms with van der Waals surface area (Å²) in [6, 6.07) is 23.8. The summed E-state index contributed by atoms with van der Waals surface area (Å²) in [6.07, 6.45) is 5.11. The number of hydrogen-bond donors (Lipinski definition) is 1. The van der Waals surface area contributed by atoms with Crippen LogP contribution in [0.2, 0.25) is 0 Å². The molecule has 1 amide bonds. The molecule has 0 radical (unpaired) electrons. The van der Waals surface area contributed by atoms with Crippen LogP contribution in [0.3, 0.4) is 0 Å². The van der Waals surface area contributed by atoms with Gasteiger partial charge >= 0.3 is 0 Å². The summed E-state index contributed by atoms with van der Waals surface area (Å²) in [5.41, 5.74) is 4.12. The molecule has 1 heterocycles. The highest BCUT2D eigenvalue weighted by Crippen LogP contribution is 2.20. The van der Waals surface area contributed by atoms with Crippen LogP contribution in [0.5, 0.6) is 0 Å². The van der Waals surface area contributed by atoms with Gasteiger partial charge in [-0.15, -0.1) is 0 Å². The maximum atomic E-state index is 12.1. The van der Waals surface area contributed by atoms with Crippen LogP contribution < -0.4 is 5.32 Å². The lowest BCUT2D eigenvalue weighted by atomic mass is 10.0. The molecule has 25 heavy (non-hydrogen) atoms. The van der Waals surface area contributed by atoms with E-state index >= 15 is 0 Å². The maximum absolute atomic E-state index is 12.1. The standard InChI is InChI=1S/C22H20N2O/c1-17(21-12-5-6-15-23-21)24-22(25)14-13-18-8-7-11-20(16-18)19-9-3-2-4-10-19/h2-17H,1H3,(H,24,25)/b14-13+. The van der Waals surface area contributed by atoms with Crippen molar-refractivity contribution in [2.75, 3.05) is 0 Å². The van der Waals surface area contributed by atoms with Crippen molar-refractivity contribution in [2.45, 2.75) is 13.0 Å². The average Bonchev–Trinajstić information content (AvgIpc) is 2.68. The first-order valence-electron chi connectivity index (χ1n) is 8.27. The molecule has 3 rings (SSSR count). The van der Waals surface area contributed by atoms with Crippen molar-refractivity contribution in [2.24, 2.45) is 0 Å². The van der Waals surface area contributed by atoms with E-state index in [-0.39, 0.29) is 11.9 Å². The molecule has 0 aliphatic carbocycles. The highest BCUT2D eigenvalue weighted by molar-refractivity contribution is 5.92. The van der Waals surface area contributed by atoms with Gasteiger partial charge in [0.1, 0.15) is 0 Å². The van der Waals surface area contributed by atoms with Crippen LogP contribution in [-0.2, 0) is 4.79 Å². The summed E-state index contributed by atoms with van der Waals surface area (Å²) in [5, 5.41) is 2.92. The Hall–Kier alpha value is -3.20. The Labute approximate surface area is 148 Å². The third kappa shape index (κ3) is 4.64. The second kappa shape index (κ2) is 8.06. The maximum Gasteiger partial charge on any atom is 0.244 e. The molecule has 1 N–H and O–H groups in total. The molecule has 0 saturated carbocycles. The molecule has 3 aromatic rings. The first-order chi connectivity index (χ1) is 12.2. The first-order valence-corrected chi connectivity index (χ1v) is 8.27. The van der Waals surface area contributed by atoms with Crippen LogP contribution in [0.15, 0.2) is 85.1 Å². The number of amides is 1. The van der Waals surface area contributed by atoms with Crippen molar-refractivity contribution in [1.82, 2.24) is 10.3 Å². The molecular formula is C22H20N2O. The van der Waals surface area contributed by atoms with Gasteiger partial charge in [0, 0.05) is 12.3 Å². The monoisotopic (exact) mass is 328 g/mol. The summed E-state index contributed by atoms with van der Waals surface area (Å²) in [5.74, 6) is -0.136. The third-order valence-corrected chi connectivity index (χ3v) is 3.91. The number of benzene rings is 2. The van der Waals surface area contributed by atoms with Crippen molar-refractivity contribution in [3.8, 4) is 11.1 Å². The summed E-state index contributed by atoms with van der Waals surface area (Å²) in [6.45, 7) is 1.92. The van der Waals surface area contributed by atoms with Crippen molar-refractivity contribution in [1.29, 1.82) is 0 Å². The fraction of sp³-hybridized carbons (Fsp3) is 0.0909. The molecule has 2 aromatic carbocycles. The van der Waals surface area contributed by atoms with Gasteiger partial charge in [0.2, 0.25) is 5.91 Å². The van der Waals surface area contributed by atoms with Gasteiger partial charge in [-0.2, -0.15) is 0 Å². The van der Waals surface area contributed by atoms with E-state index in [0.29, 0.717) is 0 Å². The van der Waals surface area contributed by atoms with Crippen LogP contribution in [0.4, 0.5) is 0 Å². The number of carbonyl (C=O) groups excluding carboxylic acids is 1. The molecule has 0 saturated heterocycles. The van der Waals surface area contributed by atoms with E-state index in [4.69, 9.17) is 0 Å². The van der Waals surface area contributed by atoms with Gasteiger partial charge in [-0.3, -0.25) is 9.78 Å². The Morgan fingerprint density at radius 3 is 2.48 bits per heavy atom. The van der Waals surface area contributed by atoms with Crippen LogP contribution >= 0.6 is 0 Å². The second-order valence-corrected chi connectivity index (χ2v) is 5.81. The van der Waals surface area contributed by atoms with Crippen molar-refractivity contribution in [3.05, 3.63) is 96.3 Å². The minimum Gasteiger partial charge on any atom is -0.344 e. The predicted molar refractivity (Wildman–Crippen MR) is 102 cm³/mol. The molecule has 0 fully saturated rings. The summed E-state index contributed by atoms with van der Waals surface area (Å²) in [4.78, 5) is 16.4. The third-order valence-electron chi connectivity index (χ3n) is 3.91. The number of nitrogens with zero attached hydrogens (tertiary/aromatic N) is 1. The van der Waals surface area contributed by atoms with Gasteiger partial charge < -0.3 is 5.32 Å². The van der Waals surface area contributed by atoms with E-state index in [9.17, 15) is 4.79 Å². The smallest absolute Gasteiger partial charge is 0.244 e. The van der Waals surface area contributed by atoms with E-state index in [0.717, 1.165) is 22.4 Å². The van der Waals surface area contributed by atoms with Crippen molar-refractivity contribution in [3.63, 3.8) is 0 Å². The fourth-order valence-corrected chi connectivity index (χ4v) is 2.59. The first kappa shape index (κ1) is 16.7. The second-order valence-electron chi connectivity index (χ2n) is 5.81. The van der Waals surface area contributed by atoms with Crippen molar-refractivity contribution < 1.29 is 4.79 Å². The zero-order chi connectivity index (χ0) is 17.5. The van der Waals surface area contributed by atoms with Crippen LogP contribution in [0.25, 0.3) is 17.2 Å². The Morgan fingerprint density at radius 1 is 0.960 bits per heavy atom. The average molecular weight is 328 g/mol. The molecule has 3 nitrogen and oxygen atoms in total. The van der Waals surface area contributed by atoms with E-state index in [2.05, 4.69) is 34.6 Å². The summed E-state index contributed by atoms with van der Waals surface area (Å²) in [7, 11) is 0. The largest absolute Gasteiger partial charge is 0.344 e. The Morgan fingerprint density at radius 2 is 1.72 bits per heavy atom. The zero-order valence-electron chi connectivity index (χ0n) is 14.1. The molecule has 124 valence electrons. The Bertz CT molecular complexity index is 857. The molecule has 0 bridgehead atoms. The molecule has 0 aliphatic rings. The molecular weight excluding hydrogens is 308 g/mol. The van der Waals surface area contributed by atoms with Gasteiger partial charge in [0.15, 0.2) is 0 Å². The number of aromatic nitrogens is 1. The van der Waals surface area contributed by atoms with Gasteiger partial charge in [-0.1, -0.05) is 54.6 Å². The number of pyridine rings is 1. The molecule has 1 aromatic heterocycles. The molecule has 1 atom stereocenters. The Balaban J connectivity index is 1.67. The lowest BCUT2D eigenvalue weighted by Crippen LogP contribution is -2.25. The van der Waals surface area contributed by atoms with E-state index in [1.807, 2.05) is 61.5 Å². The molecule has 3 heteroatoms. The van der Waals surface area contributed by atoms with E-state index in [1.54, 1.807) is 12.3 Å². The van der Waals surface area contributed by atoms with Gasteiger partial charge in [-0.25, -0.2) is 0 Å². The van der Waals surface area contributed by atoms with Gasteiger partial charge in [0.05, 0.1) is 11.7 Å². The number of rotatable bonds is 5. The van der Waals surface area contributed by atoms with E-state index < -0.39 is 0 Å². The lowest BCUT2D eigenvalue weighted by Gasteiger charge is -2.11. The van der Waals surface area contributed by atoms with Crippen LogP contribution in [0, 0.1) is 0 Å². The lowest BCUT2D eigenvalue weighted by molar-refractivity contribution is -0.117. The number of carbonyl (C=O) groups is 1. The Kier molecular flexibility index (Phi) is 5.37. The van der Waals surface area contributed by atoms with Gasteiger partial charge in [0.25, 0.3) is 0 Å². The van der Waals surface area contributed by atoms with Gasteiger partial charge in [-0.05, 0) is 47.9 Å². The van der Waals surface area contributed by atoms with Crippen LogP contribution in [0.1, 0.15) is 24.2 Å².